The van der Waals surface area contributed by atoms with E-state index in [9.17, 15) is 0 Å². The van der Waals surface area contributed by atoms with Crippen LogP contribution in [0.4, 0.5) is 11.4 Å². The summed E-state index contributed by atoms with van der Waals surface area (Å²) in [6.45, 7) is 11.2. The summed E-state index contributed by atoms with van der Waals surface area (Å²) in [7, 11) is 0. The topological polar surface area (TPSA) is 33.3 Å². The average Bonchev–Trinajstić information content (AvgIpc) is 2.55. The molecule has 0 atom stereocenters. The number of nitrogens with one attached hydrogen (secondary N) is 2. The predicted octanol–water partition coefficient (Wildman–Crippen LogP) is 5.25. The second kappa shape index (κ2) is 9.21. The van der Waals surface area contributed by atoms with E-state index in [-0.39, 0.29) is 0 Å². The minimum Gasteiger partial charge on any atom is -0.494 e. The summed E-state index contributed by atoms with van der Waals surface area (Å²) in [5.41, 5.74) is 4.94. The number of aryl methyl sites for hydroxylation is 2. The molecule has 2 N–H and O–H groups in total. The van der Waals surface area contributed by atoms with Crippen LogP contribution in [0.1, 0.15) is 31.4 Å². The summed E-state index contributed by atoms with van der Waals surface area (Å²) in [5, 5.41) is 6.95. The zero-order valence-electron chi connectivity index (χ0n) is 15.4. The molecule has 0 aliphatic carbocycles. The lowest BCUT2D eigenvalue weighted by molar-refractivity contribution is 0.289. The Morgan fingerprint density at radius 1 is 0.875 bits per heavy atom. The molecule has 0 spiro atoms. The highest BCUT2D eigenvalue weighted by molar-refractivity contribution is 5.56. The van der Waals surface area contributed by atoms with Crippen LogP contribution in [0, 0.1) is 19.8 Å². The van der Waals surface area contributed by atoms with Gasteiger partial charge in [-0.2, -0.15) is 0 Å². The van der Waals surface area contributed by atoms with Crippen LogP contribution in [0.5, 0.6) is 5.75 Å². The molecule has 2 aromatic rings. The minimum atomic E-state index is 0.676. The van der Waals surface area contributed by atoms with Crippen LogP contribution in [0.15, 0.2) is 42.5 Å². The molecular formula is C21H30N2O. The maximum absolute atomic E-state index is 5.74. The third-order valence-electron chi connectivity index (χ3n) is 4.06. The fraction of sp³-hybridized carbons (Fsp3) is 0.429. The third kappa shape index (κ3) is 5.80. The van der Waals surface area contributed by atoms with Gasteiger partial charge in [0.15, 0.2) is 0 Å². The van der Waals surface area contributed by atoms with Crippen LogP contribution in [0.3, 0.4) is 0 Å². The molecule has 0 saturated heterocycles. The van der Waals surface area contributed by atoms with Crippen LogP contribution >= 0.6 is 0 Å². The highest BCUT2D eigenvalue weighted by atomic mass is 16.5. The first-order chi connectivity index (χ1) is 11.6. The van der Waals surface area contributed by atoms with E-state index >= 15 is 0 Å². The van der Waals surface area contributed by atoms with Crippen molar-refractivity contribution in [1.82, 2.24) is 0 Å². The monoisotopic (exact) mass is 326 g/mol. The molecular weight excluding hydrogens is 296 g/mol. The van der Waals surface area contributed by atoms with Gasteiger partial charge in [0, 0.05) is 24.5 Å². The van der Waals surface area contributed by atoms with Gasteiger partial charge in [-0.3, -0.25) is 0 Å². The van der Waals surface area contributed by atoms with Gasteiger partial charge in [0.05, 0.1) is 6.61 Å². The summed E-state index contributed by atoms with van der Waals surface area (Å²) in [4.78, 5) is 0. The van der Waals surface area contributed by atoms with Crippen LogP contribution in [0.2, 0.25) is 0 Å². The molecule has 130 valence electrons. The van der Waals surface area contributed by atoms with Crippen LogP contribution in [-0.4, -0.2) is 19.7 Å². The van der Waals surface area contributed by atoms with E-state index in [0.717, 1.165) is 37.6 Å². The second-order valence-corrected chi connectivity index (χ2v) is 6.68. The van der Waals surface area contributed by atoms with Crippen LogP contribution < -0.4 is 15.4 Å². The zero-order valence-corrected chi connectivity index (χ0v) is 15.4. The Bertz CT molecular complexity index is 600. The average molecular weight is 326 g/mol. The normalized spacial score (nSPS) is 10.7. The van der Waals surface area contributed by atoms with Crippen molar-refractivity contribution in [2.24, 2.45) is 5.92 Å². The van der Waals surface area contributed by atoms with Gasteiger partial charge < -0.3 is 15.4 Å². The molecule has 2 rings (SSSR count). The maximum atomic E-state index is 5.74. The summed E-state index contributed by atoms with van der Waals surface area (Å²) in [6, 6.07) is 14.6. The number of anilines is 2. The molecule has 0 aliphatic rings. The lowest BCUT2D eigenvalue weighted by Gasteiger charge is -2.14. The Balaban J connectivity index is 1.72. The summed E-state index contributed by atoms with van der Waals surface area (Å²) < 4.78 is 5.74. The van der Waals surface area contributed by atoms with Crippen LogP contribution in [0.25, 0.3) is 0 Å². The van der Waals surface area contributed by atoms with E-state index in [2.05, 4.69) is 68.7 Å². The van der Waals surface area contributed by atoms with Gasteiger partial charge in [-0.05, 0) is 61.6 Å². The first-order valence-electron chi connectivity index (χ1n) is 8.83. The van der Waals surface area contributed by atoms with Gasteiger partial charge in [-0.25, -0.2) is 0 Å². The minimum absolute atomic E-state index is 0.676. The molecule has 0 bridgehead atoms. The standard InChI is InChI=1S/C21H30N2O/c1-16(2)12-15-24-20-10-8-19(9-11-20)22-13-14-23-21-17(3)6-5-7-18(21)4/h5-11,16,22-23H,12-15H2,1-4H3. The largest absolute Gasteiger partial charge is 0.494 e. The van der Waals surface area contributed by atoms with E-state index in [1.807, 2.05) is 12.1 Å². The Labute approximate surface area is 146 Å². The van der Waals surface area contributed by atoms with Gasteiger partial charge in [-0.15, -0.1) is 0 Å². The molecule has 3 nitrogen and oxygen atoms in total. The fourth-order valence-corrected chi connectivity index (χ4v) is 2.57. The molecule has 3 heteroatoms. The Kier molecular flexibility index (Phi) is 6.98. The van der Waals surface area contributed by atoms with Gasteiger partial charge >= 0.3 is 0 Å². The van der Waals surface area contributed by atoms with Crippen LogP contribution in [-0.2, 0) is 0 Å². The highest BCUT2D eigenvalue weighted by Gasteiger charge is 2.01. The van der Waals surface area contributed by atoms with Crippen molar-refractivity contribution in [2.45, 2.75) is 34.1 Å². The number of ether oxygens (including phenoxy) is 1. The van der Waals surface area contributed by atoms with Crippen molar-refractivity contribution in [2.75, 3.05) is 30.3 Å². The first kappa shape index (κ1) is 18.2. The number of para-hydroxylation sites is 1. The number of benzene rings is 2. The number of hydrogen-bond donors (Lipinski definition) is 2. The van der Waals surface area contributed by atoms with Gasteiger partial charge in [0.2, 0.25) is 0 Å². The van der Waals surface area contributed by atoms with Gasteiger partial charge in [-0.1, -0.05) is 32.0 Å². The highest BCUT2D eigenvalue weighted by Crippen LogP contribution is 2.19. The Morgan fingerprint density at radius 2 is 1.50 bits per heavy atom. The van der Waals surface area contributed by atoms with Crippen molar-refractivity contribution in [3.8, 4) is 5.75 Å². The molecule has 0 radical (unpaired) electrons. The molecule has 0 unspecified atom stereocenters. The fourth-order valence-electron chi connectivity index (χ4n) is 2.57. The van der Waals surface area contributed by atoms with Crippen molar-refractivity contribution >= 4 is 11.4 Å². The van der Waals surface area contributed by atoms with Crippen molar-refractivity contribution in [3.05, 3.63) is 53.6 Å². The lowest BCUT2D eigenvalue weighted by atomic mass is 10.1. The van der Waals surface area contributed by atoms with E-state index in [0.29, 0.717) is 5.92 Å². The van der Waals surface area contributed by atoms with Crippen molar-refractivity contribution < 1.29 is 4.74 Å². The second-order valence-electron chi connectivity index (χ2n) is 6.68. The molecule has 0 fully saturated rings. The van der Waals surface area contributed by atoms with E-state index < -0.39 is 0 Å². The van der Waals surface area contributed by atoms with Gasteiger partial charge in [0.1, 0.15) is 5.75 Å². The quantitative estimate of drug-likeness (QED) is 0.617. The molecule has 0 saturated carbocycles. The predicted molar refractivity (Wildman–Crippen MR) is 104 cm³/mol. The van der Waals surface area contributed by atoms with Crippen molar-refractivity contribution in [3.63, 3.8) is 0 Å². The number of hydrogen-bond acceptors (Lipinski definition) is 3. The SMILES string of the molecule is Cc1cccc(C)c1NCCNc1ccc(OCCC(C)C)cc1. The van der Waals surface area contributed by atoms with E-state index in [1.54, 1.807) is 0 Å². The summed E-state index contributed by atoms with van der Waals surface area (Å²) in [5.74, 6) is 1.62. The smallest absolute Gasteiger partial charge is 0.119 e. The number of rotatable bonds is 9. The molecule has 24 heavy (non-hydrogen) atoms. The maximum Gasteiger partial charge on any atom is 0.119 e. The Hall–Kier alpha value is -2.16. The van der Waals surface area contributed by atoms with Gasteiger partial charge in [0.25, 0.3) is 0 Å². The first-order valence-corrected chi connectivity index (χ1v) is 8.83. The zero-order chi connectivity index (χ0) is 17.4. The molecule has 0 amide bonds. The molecule has 0 heterocycles. The molecule has 0 aromatic heterocycles. The summed E-state index contributed by atoms with van der Waals surface area (Å²) >= 11 is 0. The lowest BCUT2D eigenvalue weighted by Crippen LogP contribution is -2.14. The van der Waals surface area contributed by atoms with E-state index in [4.69, 9.17) is 4.74 Å². The van der Waals surface area contributed by atoms with E-state index in [1.165, 1.54) is 16.8 Å². The molecule has 0 aliphatic heterocycles. The Morgan fingerprint density at radius 3 is 2.12 bits per heavy atom. The molecule has 2 aromatic carbocycles. The summed E-state index contributed by atoms with van der Waals surface area (Å²) in [6.07, 6.45) is 1.09. The van der Waals surface area contributed by atoms with Crippen molar-refractivity contribution in [1.29, 1.82) is 0 Å². The third-order valence-corrected chi connectivity index (χ3v) is 4.06.